The zero-order valence-electron chi connectivity index (χ0n) is 10.7. The summed E-state index contributed by atoms with van der Waals surface area (Å²) < 4.78 is 6.99. The van der Waals surface area contributed by atoms with E-state index in [9.17, 15) is 4.79 Å². The Bertz CT molecular complexity index is 578. The molecule has 0 saturated carbocycles. The molecule has 5 nitrogen and oxygen atoms in total. The monoisotopic (exact) mass is 279 g/mol. The van der Waals surface area contributed by atoms with Crippen molar-refractivity contribution in [2.24, 2.45) is 7.05 Å². The Kier molecular flexibility index (Phi) is 4.06. The molecular weight excluding hydrogens is 266 g/mol. The van der Waals surface area contributed by atoms with E-state index < -0.39 is 0 Å². The Morgan fingerprint density at radius 2 is 2.11 bits per heavy atom. The second-order valence-corrected chi connectivity index (χ2v) is 4.53. The molecule has 0 unspecified atom stereocenters. The number of hydrogen-bond donors (Lipinski definition) is 1. The third-order valence-corrected chi connectivity index (χ3v) is 2.72. The lowest BCUT2D eigenvalue weighted by Crippen LogP contribution is -2.20. The fourth-order valence-corrected chi connectivity index (χ4v) is 1.71. The quantitative estimate of drug-likeness (QED) is 0.935. The molecule has 6 heteroatoms. The Balaban J connectivity index is 1.88. The molecule has 0 spiro atoms. The Hall–Kier alpha value is -2.01. The maximum Gasteiger partial charge on any atom is 0.262 e. The first-order valence-electron chi connectivity index (χ1n) is 5.73. The molecule has 1 aromatic heterocycles. The number of hydrogen-bond acceptors (Lipinski definition) is 3. The van der Waals surface area contributed by atoms with Gasteiger partial charge in [0.1, 0.15) is 5.75 Å². The van der Waals surface area contributed by atoms with Gasteiger partial charge in [-0.2, -0.15) is 5.10 Å². The molecule has 0 radical (unpaired) electrons. The summed E-state index contributed by atoms with van der Waals surface area (Å²) in [7, 11) is 1.80. The van der Waals surface area contributed by atoms with E-state index in [0.717, 1.165) is 5.69 Å². The van der Waals surface area contributed by atoms with Gasteiger partial charge in [-0.1, -0.05) is 11.6 Å². The second-order valence-electron chi connectivity index (χ2n) is 4.09. The van der Waals surface area contributed by atoms with Crippen molar-refractivity contribution in [2.45, 2.75) is 6.92 Å². The summed E-state index contributed by atoms with van der Waals surface area (Å²) in [4.78, 5) is 11.7. The van der Waals surface area contributed by atoms with Crippen LogP contribution in [-0.2, 0) is 11.8 Å². The van der Waals surface area contributed by atoms with Crippen molar-refractivity contribution < 1.29 is 9.53 Å². The van der Waals surface area contributed by atoms with E-state index in [1.54, 1.807) is 42.2 Å². The summed E-state index contributed by atoms with van der Waals surface area (Å²) in [6, 6.07) is 6.84. The highest BCUT2D eigenvalue weighted by Crippen LogP contribution is 2.16. The number of ether oxygens (including phenoxy) is 1. The lowest BCUT2D eigenvalue weighted by atomic mass is 10.3. The zero-order valence-corrected chi connectivity index (χ0v) is 11.4. The molecule has 100 valence electrons. The first kappa shape index (κ1) is 13.4. The van der Waals surface area contributed by atoms with Gasteiger partial charge >= 0.3 is 0 Å². The van der Waals surface area contributed by atoms with Crippen molar-refractivity contribution >= 4 is 23.2 Å². The number of carbonyl (C=O) groups is 1. The zero-order chi connectivity index (χ0) is 13.8. The summed E-state index contributed by atoms with van der Waals surface area (Å²) in [5, 5.41) is 7.51. The van der Waals surface area contributed by atoms with Crippen LogP contribution in [0.4, 0.5) is 5.69 Å². The van der Waals surface area contributed by atoms with Gasteiger partial charge in [-0.15, -0.1) is 0 Å². The molecule has 1 heterocycles. The smallest absolute Gasteiger partial charge is 0.262 e. The summed E-state index contributed by atoms with van der Waals surface area (Å²) in [6.07, 6.45) is 1.75. The molecule has 0 bridgehead atoms. The van der Waals surface area contributed by atoms with Gasteiger partial charge in [0.25, 0.3) is 5.91 Å². The number of carbonyl (C=O) groups excluding carboxylic acids is 1. The maximum atomic E-state index is 11.7. The van der Waals surface area contributed by atoms with Gasteiger partial charge in [0.05, 0.1) is 11.4 Å². The number of amides is 1. The molecule has 2 rings (SSSR count). The minimum absolute atomic E-state index is 0.0596. The Morgan fingerprint density at radius 3 is 2.68 bits per heavy atom. The number of nitrogens with zero attached hydrogens (tertiary/aromatic N) is 2. The summed E-state index contributed by atoms with van der Waals surface area (Å²) in [6.45, 7) is 1.77. The van der Waals surface area contributed by atoms with Gasteiger partial charge in [-0.3, -0.25) is 9.48 Å². The largest absolute Gasteiger partial charge is 0.484 e. The fraction of sp³-hybridized carbons (Fsp3) is 0.231. The van der Waals surface area contributed by atoms with Crippen molar-refractivity contribution in [3.05, 3.63) is 41.2 Å². The first-order chi connectivity index (χ1) is 9.04. The van der Waals surface area contributed by atoms with Gasteiger partial charge in [0.2, 0.25) is 0 Å². The number of aryl methyl sites for hydroxylation is 2. The third-order valence-electron chi connectivity index (χ3n) is 2.47. The minimum Gasteiger partial charge on any atom is -0.484 e. The predicted octanol–water partition coefficient (Wildman–Crippen LogP) is 2.40. The van der Waals surface area contributed by atoms with Crippen molar-refractivity contribution in [3.8, 4) is 5.75 Å². The van der Waals surface area contributed by atoms with E-state index >= 15 is 0 Å². The van der Waals surface area contributed by atoms with E-state index in [0.29, 0.717) is 16.5 Å². The van der Waals surface area contributed by atoms with Crippen molar-refractivity contribution in [3.63, 3.8) is 0 Å². The van der Waals surface area contributed by atoms with Crippen LogP contribution in [0.5, 0.6) is 5.75 Å². The van der Waals surface area contributed by atoms with E-state index in [1.807, 2.05) is 6.92 Å². The number of benzene rings is 1. The van der Waals surface area contributed by atoms with Crippen LogP contribution in [0.1, 0.15) is 5.69 Å². The Labute approximate surface area is 116 Å². The van der Waals surface area contributed by atoms with E-state index in [-0.39, 0.29) is 12.5 Å². The van der Waals surface area contributed by atoms with Crippen LogP contribution in [0.15, 0.2) is 30.5 Å². The molecule has 1 amide bonds. The molecule has 1 aromatic carbocycles. The average Bonchev–Trinajstić information content (AvgIpc) is 2.67. The lowest BCUT2D eigenvalue weighted by Gasteiger charge is -2.06. The SMILES string of the molecule is Cc1nn(C)cc1NC(=O)COc1ccc(Cl)cc1. The molecule has 1 N–H and O–H groups in total. The predicted molar refractivity (Wildman–Crippen MR) is 73.5 cm³/mol. The molecule has 0 aliphatic rings. The molecule has 0 atom stereocenters. The molecule has 0 aliphatic carbocycles. The van der Waals surface area contributed by atoms with Crippen LogP contribution in [0.2, 0.25) is 5.02 Å². The summed E-state index contributed by atoms with van der Waals surface area (Å²) in [5.74, 6) is 0.369. The average molecular weight is 280 g/mol. The normalized spacial score (nSPS) is 10.3. The third kappa shape index (κ3) is 3.72. The van der Waals surface area contributed by atoms with Gasteiger partial charge in [0, 0.05) is 18.3 Å². The van der Waals surface area contributed by atoms with Crippen molar-refractivity contribution in [2.75, 3.05) is 11.9 Å². The number of halogens is 1. The molecule has 0 aliphatic heterocycles. The standard InChI is InChI=1S/C13H14ClN3O2/c1-9-12(7-17(2)16-9)15-13(18)8-19-11-5-3-10(14)4-6-11/h3-7H,8H2,1-2H3,(H,15,18). The van der Waals surface area contributed by atoms with E-state index in [2.05, 4.69) is 10.4 Å². The molecule has 0 fully saturated rings. The highest BCUT2D eigenvalue weighted by Gasteiger charge is 2.08. The molecule has 0 saturated heterocycles. The molecule has 19 heavy (non-hydrogen) atoms. The van der Waals surface area contributed by atoms with Crippen LogP contribution >= 0.6 is 11.6 Å². The topological polar surface area (TPSA) is 56.2 Å². The maximum absolute atomic E-state index is 11.7. The summed E-state index contributed by atoms with van der Waals surface area (Å²) in [5.41, 5.74) is 1.45. The fourth-order valence-electron chi connectivity index (χ4n) is 1.59. The summed E-state index contributed by atoms with van der Waals surface area (Å²) >= 11 is 5.76. The number of nitrogens with one attached hydrogen (secondary N) is 1. The number of aromatic nitrogens is 2. The van der Waals surface area contributed by atoms with Crippen LogP contribution < -0.4 is 10.1 Å². The van der Waals surface area contributed by atoms with Gasteiger partial charge in [0.15, 0.2) is 6.61 Å². The number of rotatable bonds is 4. The minimum atomic E-state index is -0.231. The second kappa shape index (κ2) is 5.75. The Morgan fingerprint density at radius 1 is 1.42 bits per heavy atom. The van der Waals surface area contributed by atoms with Crippen molar-refractivity contribution in [1.29, 1.82) is 0 Å². The first-order valence-corrected chi connectivity index (χ1v) is 6.11. The van der Waals surface area contributed by atoms with Crippen LogP contribution in [0.25, 0.3) is 0 Å². The van der Waals surface area contributed by atoms with Crippen LogP contribution in [0, 0.1) is 6.92 Å². The molecule has 2 aromatic rings. The van der Waals surface area contributed by atoms with Crippen LogP contribution in [-0.4, -0.2) is 22.3 Å². The highest BCUT2D eigenvalue weighted by molar-refractivity contribution is 6.30. The van der Waals surface area contributed by atoms with E-state index in [4.69, 9.17) is 16.3 Å². The van der Waals surface area contributed by atoms with Crippen LogP contribution in [0.3, 0.4) is 0 Å². The highest BCUT2D eigenvalue weighted by atomic mass is 35.5. The van der Waals surface area contributed by atoms with Gasteiger partial charge in [-0.25, -0.2) is 0 Å². The van der Waals surface area contributed by atoms with Crippen molar-refractivity contribution in [1.82, 2.24) is 9.78 Å². The lowest BCUT2D eigenvalue weighted by molar-refractivity contribution is -0.118. The van der Waals surface area contributed by atoms with E-state index in [1.165, 1.54) is 0 Å². The van der Waals surface area contributed by atoms with Gasteiger partial charge < -0.3 is 10.1 Å². The number of anilines is 1. The van der Waals surface area contributed by atoms with Gasteiger partial charge in [-0.05, 0) is 31.2 Å². The molecular formula is C13H14ClN3O2.